The number of amides is 1. The third-order valence-corrected chi connectivity index (χ3v) is 7.60. The van der Waals surface area contributed by atoms with E-state index in [-0.39, 0.29) is 23.4 Å². The number of thiophene rings is 1. The van der Waals surface area contributed by atoms with Crippen LogP contribution >= 0.6 is 22.9 Å². The molecular formula is C22H21ClN2O3S2. The average Bonchev–Trinajstić information content (AvgIpc) is 3.18. The predicted octanol–water partition coefficient (Wildman–Crippen LogP) is 4.39. The number of nitrogens with one attached hydrogen (secondary N) is 1. The second-order valence-electron chi connectivity index (χ2n) is 7.29. The Morgan fingerprint density at radius 3 is 2.70 bits per heavy atom. The summed E-state index contributed by atoms with van der Waals surface area (Å²) in [5.74, 6) is -0.234. The summed E-state index contributed by atoms with van der Waals surface area (Å²) in [5, 5.41) is 5.18. The van der Waals surface area contributed by atoms with E-state index in [9.17, 15) is 13.2 Å². The summed E-state index contributed by atoms with van der Waals surface area (Å²) >= 11 is 7.94. The molecule has 1 amide bonds. The van der Waals surface area contributed by atoms with Gasteiger partial charge in [0.1, 0.15) is 0 Å². The lowest BCUT2D eigenvalue weighted by Crippen LogP contribution is -2.40. The fourth-order valence-electron chi connectivity index (χ4n) is 3.77. The lowest BCUT2D eigenvalue weighted by atomic mass is 9.93. The van der Waals surface area contributed by atoms with E-state index in [0.717, 1.165) is 24.8 Å². The van der Waals surface area contributed by atoms with Crippen LogP contribution < -0.4 is 5.32 Å². The number of carbonyl (C=O) groups excluding carboxylic acids is 1. The Balaban J connectivity index is 1.57. The molecule has 1 aromatic heterocycles. The maximum atomic E-state index is 12.9. The van der Waals surface area contributed by atoms with Gasteiger partial charge in [0.15, 0.2) is 9.84 Å². The number of rotatable bonds is 5. The summed E-state index contributed by atoms with van der Waals surface area (Å²) in [6, 6.07) is 16.6. The monoisotopic (exact) mass is 460 g/mol. The summed E-state index contributed by atoms with van der Waals surface area (Å²) in [7, 11) is -3.40. The normalized spacial score (nSPS) is 16.8. The first-order valence-corrected chi connectivity index (χ1v) is 12.6. The summed E-state index contributed by atoms with van der Waals surface area (Å²) in [6.45, 7) is 0.936. The molecule has 0 saturated heterocycles. The molecule has 156 valence electrons. The number of halogens is 1. The highest BCUT2D eigenvalue weighted by atomic mass is 35.5. The van der Waals surface area contributed by atoms with Gasteiger partial charge in [0.05, 0.1) is 28.2 Å². The zero-order valence-corrected chi connectivity index (χ0v) is 18.7. The number of benzene rings is 2. The maximum Gasteiger partial charge on any atom is 0.238 e. The molecule has 3 aromatic rings. The van der Waals surface area contributed by atoms with E-state index in [1.54, 1.807) is 11.3 Å². The molecule has 8 heteroatoms. The largest absolute Gasteiger partial charge is 0.324 e. The Morgan fingerprint density at radius 1 is 1.20 bits per heavy atom. The lowest BCUT2D eigenvalue weighted by Gasteiger charge is -2.35. The van der Waals surface area contributed by atoms with Gasteiger partial charge in [-0.15, -0.1) is 11.3 Å². The van der Waals surface area contributed by atoms with Crippen molar-refractivity contribution < 1.29 is 13.2 Å². The quantitative estimate of drug-likeness (QED) is 0.613. The highest BCUT2D eigenvalue weighted by molar-refractivity contribution is 7.90. The smallest absolute Gasteiger partial charge is 0.238 e. The summed E-state index contributed by atoms with van der Waals surface area (Å²) in [5.41, 5.74) is 2.68. The molecular weight excluding hydrogens is 440 g/mol. The second-order valence-corrected chi connectivity index (χ2v) is 10.7. The molecule has 2 aromatic carbocycles. The Bertz CT molecular complexity index is 1180. The van der Waals surface area contributed by atoms with Crippen LogP contribution in [0, 0.1) is 0 Å². The van der Waals surface area contributed by atoms with Gasteiger partial charge in [0, 0.05) is 17.7 Å². The van der Waals surface area contributed by atoms with Gasteiger partial charge in [-0.05, 0) is 47.2 Å². The third-order valence-electron chi connectivity index (χ3n) is 5.17. The number of fused-ring (bicyclic) bond motifs is 1. The number of nitrogens with zero attached hydrogens (tertiary/aromatic N) is 1. The van der Waals surface area contributed by atoms with Gasteiger partial charge in [-0.25, -0.2) is 8.42 Å². The molecule has 1 atom stereocenters. The standard InChI is InChI=1S/C22H21ClN2O3S2/c1-30(27,28)16-7-8-18(23)19(13-16)24-21(26)14-25-11-9-20-17(10-12-29-20)22(25)15-5-3-2-4-6-15/h2-8,10,12-13,22H,9,11,14H2,1H3,(H,24,26)/t22-/m0/s1. The predicted molar refractivity (Wildman–Crippen MR) is 121 cm³/mol. The molecule has 0 bridgehead atoms. The van der Waals surface area contributed by atoms with Crippen LogP contribution in [-0.2, 0) is 21.1 Å². The van der Waals surface area contributed by atoms with Crippen LogP contribution in [0.1, 0.15) is 22.0 Å². The third kappa shape index (κ3) is 4.44. The van der Waals surface area contributed by atoms with Gasteiger partial charge in [-0.3, -0.25) is 9.69 Å². The van der Waals surface area contributed by atoms with E-state index in [1.165, 1.54) is 28.6 Å². The molecule has 1 N–H and O–H groups in total. The molecule has 2 heterocycles. The van der Waals surface area contributed by atoms with Crippen LogP contribution in [0.25, 0.3) is 0 Å². The molecule has 0 spiro atoms. The van der Waals surface area contributed by atoms with Crippen LogP contribution in [0.4, 0.5) is 5.69 Å². The van der Waals surface area contributed by atoms with Gasteiger partial charge in [0.2, 0.25) is 5.91 Å². The van der Waals surface area contributed by atoms with Crippen molar-refractivity contribution in [2.24, 2.45) is 0 Å². The Labute approximate surface area is 185 Å². The van der Waals surface area contributed by atoms with Crippen molar-refractivity contribution in [2.75, 3.05) is 24.7 Å². The van der Waals surface area contributed by atoms with Crippen LogP contribution in [0.2, 0.25) is 5.02 Å². The number of anilines is 1. The lowest BCUT2D eigenvalue weighted by molar-refractivity contribution is -0.117. The average molecular weight is 461 g/mol. The van der Waals surface area contributed by atoms with Crippen molar-refractivity contribution in [2.45, 2.75) is 17.4 Å². The minimum absolute atomic E-state index is 0.00442. The first kappa shape index (κ1) is 21.1. The van der Waals surface area contributed by atoms with E-state index in [0.29, 0.717) is 10.7 Å². The Morgan fingerprint density at radius 2 is 1.97 bits per heavy atom. The van der Waals surface area contributed by atoms with Gasteiger partial charge in [-0.2, -0.15) is 0 Å². The molecule has 0 fully saturated rings. The number of hydrogen-bond donors (Lipinski definition) is 1. The van der Waals surface area contributed by atoms with Crippen molar-refractivity contribution in [3.8, 4) is 0 Å². The van der Waals surface area contributed by atoms with Crippen molar-refractivity contribution >= 4 is 44.4 Å². The highest BCUT2D eigenvalue weighted by Crippen LogP contribution is 2.37. The highest BCUT2D eigenvalue weighted by Gasteiger charge is 2.30. The van der Waals surface area contributed by atoms with Gasteiger partial charge < -0.3 is 5.32 Å². The van der Waals surface area contributed by atoms with E-state index >= 15 is 0 Å². The van der Waals surface area contributed by atoms with Crippen LogP contribution in [0.3, 0.4) is 0 Å². The summed E-state index contributed by atoms with van der Waals surface area (Å²) in [4.78, 5) is 16.5. The topological polar surface area (TPSA) is 66.5 Å². The molecule has 1 aliphatic rings. The van der Waals surface area contributed by atoms with Crippen molar-refractivity contribution in [3.05, 3.63) is 81.0 Å². The zero-order valence-electron chi connectivity index (χ0n) is 16.3. The Hall–Kier alpha value is -2.19. The van der Waals surface area contributed by atoms with Crippen molar-refractivity contribution in [1.82, 2.24) is 4.90 Å². The fourth-order valence-corrected chi connectivity index (χ4v) is 5.49. The van der Waals surface area contributed by atoms with Crippen LogP contribution in [-0.4, -0.2) is 38.6 Å². The maximum absolute atomic E-state index is 12.9. The number of sulfone groups is 1. The molecule has 4 rings (SSSR count). The molecule has 0 saturated carbocycles. The summed E-state index contributed by atoms with van der Waals surface area (Å²) < 4.78 is 23.7. The summed E-state index contributed by atoms with van der Waals surface area (Å²) in [6.07, 6.45) is 2.02. The Kier molecular flexibility index (Phi) is 5.97. The number of hydrogen-bond acceptors (Lipinski definition) is 5. The molecule has 0 aliphatic carbocycles. The van der Waals surface area contributed by atoms with Crippen LogP contribution in [0.15, 0.2) is 64.9 Å². The molecule has 5 nitrogen and oxygen atoms in total. The van der Waals surface area contributed by atoms with Crippen LogP contribution in [0.5, 0.6) is 0 Å². The van der Waals surface area contributed by atoms with E-state index in [1.807, 2.05) is 18.2 Å². The van der Waals surface area contributed by atoms with Crippen molar-refractivity contribution in [3.63, 3.8) is 0 Å². The molecule has 0 unspecified atom stereocenters. The fraction of sp³-hybridized carbons (Fsp3) is 0.227. The molecule has 0 radical (unpaired) electrons. The van der Waals surface area contributed by atoms with E-state index in [2.05, 4.69) is 33.8 Å². The van der Waals surface area contributed by atoms with Crippen molar-refractivity contribution in [1.29, 1.82) is 0 Å². The molecule has 1 aliphatic heterocycles. The number of carbonyl (C=O) groups is 1. The zero-order chi connectivity index (χ0) is 21.3. The van der Waals surface area contributed by atoms with Gasteiger partial charge in [-0.1, -0.05) is 41.9 Å². The van der Waals surface area contributed by atoms with E-state index in [4.69, 9.17) is 11.6 Å². The first-order valence-electron chi connectivity index (χ1n) is 9.47. The van der Waals surface area contributed by atoms with E-state index < -0.39 is 9.84 Å². The molecule has 30 heavy (non-hydrogen) atoms. The minimum atomic E-state index is -3.40. The minimum Gasteiger partial charge on any atom is -0.324 e. The second kappa shape index (κ2) is 8.51. The van der Waals surface area contributed by atoms with Gasteiger partial charge in [0.25, 0.3) is 0 Å². The SMILES string of the molecule is CS(=O)(=O)c1ccc(Cl)c(NC(=O)CN2CCc3sccc3[C@@H]2c2ccccc2)c1. The first-order chi connectivity index (χ1) is 14.3. The van der Waals surface area contributed by atoms with Gasteiger partial charge >= 0.3 is 0 Å².